The van der Waals surface area contributed by atoms with Crippen LogP contribution in [0.25, 0.3) is 0 Å². The fourth-order valence-electron chi connectivity index (χ4n) is 6.06. The van der Waals surface area contributed by atoms with Crippen LogP contribution in [0.3, 0.4) is 0 Å². The van der Waals surface area contributed by atoms with E-state index in [-0.39, 0.29) is 0 Å². The first-order valence-electron chi connectivity index (χ1n) is 10.5. The highest BCUT2D eigenvalue weighted by atomic mass is 14.4. The lowest BCUT2D eigenvalue weighted by Crippen LogP contribution is -2.34. The first kappa shape index (κ1) is 16.4. The number of hydrogen-bond donors (Lipinski definition) is 0. The molecule has 2 saturated carbocycles. The molecule has 3 aliphatic carbocycles. The SMILES string of the molecule is C=C[C@@H]1CC[C@@H]2CC(C3CCc4cc(CC)ccc4C3)CCC2C1. The Kier molecular flexibility index (Phi) is 4.83. The van der Waals surface area contributed by atoms with Crippen molar-refractivity contribution in [3.8, 4) is 0 Å². The van der Waals surface area contributed by atoms with Crippen LogP contribution in [0.15, 0.2) is 30.9 Å². The van der Waals surface area contributed by atoms with Gasteiger partial charge < -0.3 is 0 Å². The summed E-state index contributed by atoms with van der Waals surface area (Å²) in [5.74, 6) is 4.83. The normalized spacial score (nSPS) is 35.8. The first-order chi connectivity index (χ1) is 11.8. The molecule has 0 bridgehead atoms. The first-order valence-corrected chi connectivity index (χ1v) is 10.5. The van der Waals surface area contributed by atoms with E-state index in [0.717, 1.165) is 29.6 Å². The number of aryl methyl sites for hydroxylation is 2. The average Bonchev–Trinajstić information content (AvgIpc) is 2.66. The maximum Gasteiger partial charge on any atom is -0.0233 e. The third kappa shape index (κ3) is 3.22. The summed E-state index contributed by atoms with van der Waals surface area (Å²) < 4.78 is 0. The number of hydrogen-bond acceptors (Lipinski definition) is 0. The van der Waals surface area contributed by atoms with Gasteiger partial charge in [-0.05, 0) is 110 Å². The zero-order valence-electron chi connectivity index (χ0n) is 15.5. The molecule has 0 amide bonds. The van der Waals surface area contributed by atoms with Crippen LogP contribution in [0.4, 0.5) is 0 Å². The van der Waals surface area contributed by atoms with Crippen LogP contribution < -0.4 is 0 Å². The molecule has 0 saturated heterocycles. The van der Waals surface area contributed by atoms with Gasteiger partial charge in [0.2, 0.25) is 0 Å². The van der Waals surface area contributed by atoms with Crippen molar-refractivity contribution in [1.82, 2.24) is 0 Å². The summed E-state index contributed by atoms with van der Waals surface area (Å²) in [5, 5.41) is 0. The quantitative estimate of drug-likeness (QED) is 0.567. The number of benzene rings is 1. The minimum Gasteiger partial charge on any atom is -0.103 e. The van der Waals surface area contributed by atoms with Gasteiger partial charge >= 0.3 is 0 Å². The molecular weight excluding hydrogens is 288 g/mol. The fourth-order valence-corrected chi connectivity index (χ4v) is 6.06. The van der Waals surface area contributed by atoms with Crippen molar-refractivity contribution in [2.24, 2.45) is 29.6 Å². The summed E-state index contributed by atoms with van der Waals surface area (Å²) in [6.07, 6.45) is 16.4. The van der Waals surface area contributed by atoms with Crippen molar-refractivity contribution < 1.29 is 0 Å². The minimum absolute atomic E-state index is 0.817. The second-order valence-corrected chi connectivity index (χ2v) is 8.86. The topological polar surface area (TPSA) is 0 Å². The van der Waals surface area contributed by atoms with Crippen molar-refractivity contribution >= 4 is 0 Å². The summed E-state index contributed by atoms with van der Waals surface area (Å²) >= 11 is 0. The zero-order chi connectivity index (χ0) is 16.5. The number of rotatable bonds is 3. The molecule has 0 N–H and O–H groups in total. The van der Waals surface area contributed by atoms with Crippen LogP contribution in [0.1, 0.15) is 68.6 Å². The lowest BCUT2D eigenvalue weighted by molar-refractivity contribution is 0.0811. The highest BCUT2D eigenvalue weighted by molar-refractivity contribution is 5.34. The Bertz CT molecular complexity index is 584. The van der Waals surface area contributed by atoms with Crippen LogP contribution >= 0.6 is 0 Å². The Morgan fingerprint density at radius 2 is 1.67 bits per heavy atom. The van der Waals surface area contributed by atoms with Crippen LogP contribution in [0.5, 0.6) is 0 Å². The van der Waals surface area contributed by atoms with E-state index in [1.54, 1.807) is 11.1 Å². The maximum atomic E-state index is 4.04. The third-order valence-corrected chi connectivity index (χ3v) is 7.64. The molecule has 1 aromatic rings. The number of allylic oxidation sites excluding steroid dienone is 1. The molecule has 0 heteroatoms. The second kappa shape index (κ2) is 7.06. The van der Waals surface area contributed by atoms with E-state index in [1.807, 2.05) is 0 Å². The van der Waals surface area contributed by atoms with E-state index in [0.29, 0.717) is 0 Å². The van der Waals surface area contributed by atoms with Gasteiger partial charge in [0.1, 0.15) is 0 Å². The molecule has 3 unspecified atom stereocenters. The summed E-state index contributed by atoms with van der Waals surface area (Å²) in [6.45, 7) is 6.31. The smallest absolute Gasteiger partial charge is 0.0233 e. The predicted molar refractivity (Wildman–Crippen MR) is 103 cm³/mol. The van der Waals surface area contributed by atoms with Gasteiger partial charge in [-0.3, -0.25) is 0 Å². The van der Waals surface area contributed by atoms with Gasteiger partial charge in [0.05, 0.1) is 0 Å². The van der Waals surface area contributed by atoms with Crippen molar-refractivity contribution in [1.29, 1.82) is 0 Å². The molecule has 0 heterocycles. The Morgan fingerprint density at radius 3 is 2.46 bits per heavy atom. The predicted octanol–water partition coefficient (Wildman–Crippen LogP) is 6.37. The van der Waals surface area contributed by atoms with Crippen LogP contribution in [0, 0.1) is 29.6 Å². The molecule has 0 nitrogen and oxygen atoms in total. The molecule has 1 aromatic carbocycles. The zero-order valence-corrected chi connectivity index (χ0v) is 15.5. The minimum atomic E-state index is 0.817. The van der Waals surface area contributed by atoms with Gasteiger partial charge in [-0.1, -0.05) is 31.2 Å². The lowest BCUT2D eigenvalue weighted by Gasteiger charge is -2.44. The van der Waals surface area contributed by atoms with Gasteiger partial charge in [-0.2, -0.15) is 0 Å². The molecular formula is C24H34. The average molecular weight is 323 g/mol. The summed E-state index contributed by atoms with van der Waals surface area (Å²) in [7, 11) is 0. The largest absolute Gasteiger partial charge is 0.103 e. The van der Waals surface area contributed by atoms with E-state index in [9.17, 15) is 0 Å². The molecule has 0 aromatic heterocycles. The Hall–Kier alpha value is -1.04. The molecule has 0 aliphatic heterocycles. The molecule has 130 valence electrons. The molecule has 24 heavy (non-hydrogen) atoms. The van der Waals surface area contributed by atoms with Gasteiger partial charge in [0, 0.05) is 0 Å². The van der Waals surface area contributed by atoms with E-state index < -0.39 is 0 Å². The molecule has 3 aliphatic rings. The van der Waals surface area contributed by atoms with Crippen molar-refractivity contribution in [2.75, 3.05) is 0 Å². The molecule has 5 atom stereocenters. The summed E-state index contributed by atoms with van der Waals surface area (Å²) in [4.78, 5) is 0. The lowest BCUT2D eigenvalue weighted by atomic mass is 9.61. The van der Waals surface area contributed by atoms with E-state index in [4.69, 9.17) is 0 Å². The van der Waals surface area contributed by atoms with Gasteiger partial charge in [0.25, 0.3) is 0 Å². The second-order valence-electron chi connectivity index (χ2n) is 8.86. The van der Waals surface area contributed by atoms with Crippen molar-refractivity contribution in [2.45, 2.75) is 71.1 Å². The van der Waals surface area contributed by atoms with Crippen LogP contribution in [-0.4, -0.2) is 0 Å². The molecule has 2 fully saturated rings. The fraction of sp³-hybridized carbons (Fsp3) is 0.667. The van der Waals surface area contributed by atoms with Gasteiger partial charge in [-0.25, -0.2) is 0 Å². The summed E-state index contributed by atoms with van der Waals surface area (Å²) in [5.41, 5.74) is 4.85. The highest BCUT2D eigenvalue weighted by Gasteiger charge is 2.38. The van der Waals surface area contributed by atoms with Crippen LogP contribution in [-0.2, 0) is 19.3 Å². The molecule has 0 spiro atoms. The van der Waals surface area contributed by atoms with Gasteiger partial charge in [0.15, 0.2) is 0 Å². The van der Waals surface area contributed by atoms with E-state index in [1.165, 1.54) is 69.8 Å². The Labute approximate surface area is 148 Å². The highest BCUT2D eigenvalue weighted by Crippen LogP contribution is 2.48. The van der Waals surface area contributed by atoms with E-state index >= 15 is 0 Å². The monoisotopic (exact) mass is 322 g/mol. The maximum absolute atomic E-state index is 4.04. The van der Waals surface area contributed by atoms with Crippen LogP contribution in [0.2, 0.25) is 0 Å². The Balaban J connectivity index is 1.40. The van der Waals surface area contributed by atoms with Gasteiger partial charge in [-0.15, -0.1) is 6.58 Å². The van der Waals surface area contributed by atoms with Crippen molar-refractivity contribution in [3.05, 3.63) is 47.5 Å². The standard InChI is InChI=1S/C24H34/c1-3-17-5-7-21-15-23(11-9-19(21)13-17)24-12-10-20-14-18(4-2)6-8-22(20)16-24/h3,6,8,14,17,19,21,23-24H,1,4-5,7,9-13,15-16H2,2H3/t17-,19?,21-,23?,24?/m1/s1. The third-order valence-electron chi connectivity index (χ3n) is 7.64. The van der Waals surface area contributed by atoms with Crippen molar-refractivity contribution in [3.63, 3.8) is 0 Å². The Morgan fingerprint density at radius 1 is 0.917 bits per heavy atom. The number of fused-ring (bicyclic) bond motifs is 2. The summed E-state index contributed by atoms with van der Waals surface area (Å²) in [6, 6.07) is 7.30. The molecule has 0 radical (unpaired) electrons. The molecule has 4 rings (SSSR count). The van der Waals surface area contributed by atoms with E-state index in [2.05, 4.69) is 37.8 Å².